The summed E-state index contributed by atoms with van der Waals surface area (Å²) >= 11 is 0. The smallest absolute Gasteiger partial charge is 0.388 e. The molecular weight excluding hydrogens is 359 g/mol. The molecule has 0 radical (unpaired) electrons. The van der Waals surface area contributed by atoms with Crippen molar-refractivity contribution in [1.82, 2.24) is 10.2 Å². The molecular formula is C19H16F3N3O2. The summed E-state index contributed by atoms with van der Waals surface area (Å²) in [5.41, 5.74) is 0.308. The van der Waals surface area contributed by atoms with Gasteiger partial charge in [-0.05, 0) is 12.1 Å². The number of fused-ring (bicyclic) bond motifs is 1. The molecule has 1 aromatic heterocycles. The maximum absolute atomic E-state index is 12.8. The summed E-state index contributed by atoms with van der Waals surface area (Å²) in [6, 6.07) is 12.1. The van der Waals surface area contributed by atoms with Gasteiger partial charge in [-0.3, -0.25) is 0 Å². The van der Waals surface area contributed by atoms with E-state index in [1.54, 1.807) is 0 Å². The molecule has 2 unspecified atom stereocenters. The molecule has 2 aromatic carbocycles. The van der Waals surface area contributed by atoms with Gasteiger partial charge in [0.2, 0.25) is 0 Å². The van der Waals surface area contributed by atoms with Crippen LogP contribution in [0.25, 0.3) is 22.0 Å². The highest BCUT2D eigenvalue weighted by Gasteiger charge is 2.30. The number of nitrogens with one attached hydrogen (secondary N) is 1. The fourth-order valence-electron chi connectivity index (χ4n) is 3.09. The van der Waals surface area contributed by atoms with Gasteiger partial charge in [-0.1, -0.05) is 36.4 Å². The second kappa shape index (κ2) is 6.79. The third-order valence-electron chi connectivity index (χ3n) is 4.51. The van der Waals surface area contributed by atoms with Gasteiger partial charge in [0.25, 0.3) is 0 Å². The molecule has 5 nitrogen and oxygen atoms in total. The summed E-state index contributed by atoms with van der Waals surface area (Å²) in [5.74, 6) is 0.451. The van der Waals surface area contributed by atoms with E-state index in [9.17, 15) is 18.3 Å². The number of ether oxygens (including phenoxy) is 1. The number of rotatable bonds is 3. The molecule has 8 heteroatoms. The Balaban J connectivity index is 1.73. The van der Waals surface area contributed by atoms with Crippen LogP contribution in [0.1, 0.15) is 12.0 Å². The fraction of sp³-hybridized carbons (Fsp3) is 0.263. The van der Waals surface area contributed by atoms with Gasteiger partial charge >= 0.3 is 6.18 Å². The van der Waals surface area contributed by atoms with E-state index in [0.29, 0.717) is 30.1 Å². The Bertz CT molecular complexity index is 961. The van der Waals surface area contributed by atoms with Crippen molar-refractivity contribution in [1.29, 1.82) is 0 Å². The summed E-state index contributed by atoms with van der Waals surface area (Å²) in [5, 5.41) is 22.8. The fourth-order valence-corrected chi connectivity index (χ4v) is 3.09. The molecule has 0 spiro atoms. The summed E-state index contributed by atoms with van der Waals surface area (Å²) < 4.78 is 43.8. The Morgan fingerprint density at radius 2 is 1.70 bits per heavy atom. The maximum Gasteiger partial charge on any atom is 0.416 e. The van der Waals surface area contributed by atoms with Crippen molar-refractivity contribution in [2.75, 3.05) is 11.9 Å². The van der Waals surface area contributed by atoms with Gasteiger partial charge in [-0.2, -0.15) is 13.2 Å². The number of aromatic nitrogens is 2. The topological polar surface area (TPSA) is 67.3 Å². The molecule has 27 heavy (non-hydrogen) atoms. The Hall–Kier alpha value is -2.71. The molecule has 3 aromatic rings. The van der Waals surface area contributed by atoms with Gasteiger partial charge in [0.05, 0.1) is 12.2 Å². The van der Waals surface area contributed by atoms with Crippen LogP contribution >= 0.6 is 0 Å². The third kappa shape index (κ3) is 3.45. The lowest BCUT2D eigenvalue weighted by Crippen LogP contribution is -2.30. The van der Waals surface area contributed by atoms with Crippen molar-refractivity contribution in [3.05, 3.63) is 54.1 Å². The van der Waals surface area contributed by atoms with Crippen molar-refractivity contribution < 1.29 is 23.0 Å². The van der Waals surface area contributed by atoms with E-state index in [1.165, 1.54) is 12.1 Å². The molecule has 2 N–H and O–H groups in total. The largest absolute Gasteiger partial charge is 0.416 e. The van der Waals surface area contributed by atoms with E-state index in [2.05, 4.69) is 15.5 Å². The first-order valence-corrected chi connectivity index (χ1v) is 8.43. The lowest BCUT2D eigenvalue weighted by molar-refractivity contribution is -0.137. The zero-order chi connectivity index (χ0) is 19.0. The average molecular weight is 375 g/mol. The molecule has 1 fully saturated rings. The van der Waals surface area contributed by atoms with E-state index in [0.717, 1.165) is 22.9 Å². The van der Waals surface area contributed by atoms with Crippen LogP contribution in [0.5, 0.6) is 0 Å². The number of alkyl halides is 3. The predicted octanol–water partition coefficient (Wildman–Crippen LogP) is 3.83. The van der Waals surface area contributed by atoms with Gasteiger partial charge < -0.3 is 15.2 Å². The average Bonchev–Trinajstić information content (AvgIpc) is 3.06. The maximum atomic E-state index is 12.8. The Morgan fingerprint density at radius 1 is 1.00 bits per heavy atom. The van der Waals surface area contributed by atoms with Gasteiger partial charge in [0, 0.05) is 22.8 Å². The van der Waals surface area contributed by atoms with Crippen molar-refractivity contribution >= 4 is 16.6 Å². The van der Waals surface area contributed by atoms with Crippen molar-refractivity contribution in [2.45, 2.75) is 24.9 Å². The van der Waals surface area contributed by atoms with Gasteiger partial charge in [0.15, 0.2) is 12.0 Å². The van der Waals surface area contributed by atoms with Crippen LogP contribution in [0.15, 0.2) is 48.5 Å². The van der Waals surface area contributed by atoms with Crippen LogP contribution in [0.4, 0.5) is 19.0 Å². The van der Waals surface area contributed by atoms with Crippen molar-refractivity contribution in [3.8, 4) is 11.3 Å². The first-order valence-electron chi connectivity index (χ1n) is 8.43. The third-order valence-corrected chi connectivity index (χ3v) is 4.51. The number of hydrogen-bond donors (Lipinski definition) is 2. The highest BCUT2D eigenvalue weighted by atomic mass is 19.4. The quantitative estimate of drug-likeness (QED) is 0.728. The second-order valence-electron chi connectivity index (χ2n) is 6.31. The minimum absolute atomic E-state index is 0.451. The van der Waals surface area contributed by atoms with Crippen LogP contribution in [0.3, 0.4) is 0 Å². The van der Waals surface area contributed by atoms with Crippen molar-refractivity contribution in [2.24, 2.45) is 0 Å². The minimum atomic E-state index is -4.39. The Labute approximate surface area is 152 Å². The summed E-state index contributed by atoms with van der Waals surface area (Å²) in [7, 11) is 0. The molecule has 4 rings (SSSR count). The van der Waals surface area contributed by atoms with Gasteiger partial charge in [0.1, 0.15) is 11.8 Å². The SMILES string of the molecule is OC1CCOC1Nc1nnc(-c2ccc(C(F)(F)F)cc2)c2ccccc12. The first kappa shape index (κ1) is 17.7. The summed E-state index contributed by atoms with van der Waals surface area (Å²) in [6.07, 6.45) is -5.06. The number of benzene rings is 2. The van der Waals surface area contributed by atoms with Crippen LogP contribution in [-0.2, 0) is 10.9 Å². The number of hydrogen-bond acceptors (Lipinski definition) is 5. The summed E-state index contributed by atoms with van der Waals surface area (Å²) in [4.78, 5) is 0. The lowest BCUT2D eigenvalue weighted by atomic mass is 10.0. The molecule has 0 bridgehead atoms. The van der Waals surface area contributed by atoms with Crippen LogP contribution < -0.4 is 5.32 Å². The van der Waals surface area contributed by atoms with Crippen LogP contribution in [-0.4, -0.2) is 34.2 Å². The Morgan fingerprint density at radius 3 is 2.33 bits per heavy atom. The summed E-state index contributed by atoms with van der Waals surface area (Å²) in [6.45, 7) is 0.452. The van der Waals surface area contributed by atoms with E-state index < -0.39 is 24.1 Å². The molecule has 2 heterocycles. The first-order chi connectivity index (χ1) is 12.9. The Kier molecular flexibility index (Phi) is 4.45. The van der Waals surface area contributed by atoms with E-state index >= 15 is 0 Å². The van der Waals surface area contributed by atoms with Crippen molar-refractivity contribution in [3.63, 3.8) is 0 Å². The molecule has 1 aliphatic heterocycles. The molecule has 0 aliphatic carbocycles. The van der Waals surface area contributed by atoms with Gasteiger partial charge in [-0.25, -0.2) is 0 Å². The molecule has 2 atom stereocenters. The number of halogens is 3. The highest BCUT2D eigenvalue weighted by molar-refractivity contribution is 6.00. The number of anilines is 1. The number of nitrogens with zero attached hydrogens (tertiary/aromatic N) is 2. The van der Waals surface area contributed by atoms with Gasteiger partial charge in [-0.15, -0.1) is 10.2 Å². The van der Waals surface area contributed by atoms with E-state index in [1.807, 2.05) is 24.3 Å². The number of aliphatic hydroxyl groups is 1. The highest BCUT2D eigenvalue weighted by Crippen LogP contribution is 2.33. The number of aliphatic hydroxyl groups excluding tert-OH is 1. The lowest BCUT2D eigenvalue weighted by Gasteiger charge is -2.18. The normalized spacial score (nSPS) is 20.1. The molecule has 0 amide bonds. The molecule has 0 saturated carbocycles. The molecule has 1 saturated heterocycles. The van der Waals surface area contributed by atoms with E-state index in [4.69, 9.17) is 4.74 Å². The second-order valence-corrected chi connectivity index (χ2v) is 6.31. The van der Waals surface area contributed by atoms with E-state index in [-0.39, 0.29) is 0 Å². The molecule has 1 aliphatic rings. The zero-order valence-corrected chi connectivity index (χ0v) is 14.1. The minimum Gasteiger partial charge on any atom is -0.388 e. The monoisotopic (exact) mass is 375 g/mol. The zero-order valence-electron chi connectivity index (χ0n) is 14.1. The predicted molar refractivity (Wildman–Crippen MR) is 94.0 cm³/mol. The molecule has 140 valence electrons. The standard InChI is InChI=1S/C19H16F3N3O2/c20-19(21,22)12-7-5-11(6-8-12)16-13-3-1-2-4-14(13)17(25-24-16)23-18-15(26)9-10-27-18/h1-8,15,18,26H,9-10H2,(H,23,25). The van der Waals surface area contributed by atoms with Crippen LogP contribution in [0, 0.1) is 0 Å². The van der Waals surface area contributed by atoms with Crippen LogP contribution in [0.2, 0.25) is 0 Å².